The van der Waals surface area contributed by atoms with Crippen LogP contribution in [0, 0.1) is 25.7 Å². The van der Waals surface area contributed by atoms with E-state index in [1.807, 2.05) is 24.0 Å². The van der Waals surface area contributed by atoms with Crippen LogP contribution in [0.5, 0.6) is 5.75 Å². The number of aromatic nitrogens is 2. The molecule has 2 saturated carbocycles. The maximum absolute atomic E-state index is 13.9. The molecule has 0 spiro atoms. The average Bonchev–Trinajstić information content (AvgIpc) is 3.38. The van der Waals surface area contributed by atoms with Crippen LogP contribution in [0.2, 0.25) is 0 Å². The second-order valence-electron chi connectivity index (χ2n) is 11.1. The number of amides is 1. The Morgan fingerprint density at radius 3 is 2.45 bits per heavy atom. The molecule has 1 N–H and O–H groups in total. The Kier molecular flexibility index (Phi) is 8.44. The maximum atomic E-state index is 13.9. The molecule has 2 aliphatic rings. The second kappa shape index (κ2) is 12.0. The van der Waals surface area contributed by atoms with E-state index in [4.69, 9.17) is 4.74 Å². The number of methoxy groups -OCH3 is 1. The van der Waals surface area contributed by atoms with Crippen molar-refractivity contribution >= 4 is 23.1 Å². The molecular formula is C31H39N3O3S. The van der Waals surface area contributed by atoms with Gasteiger partial charge in [0.15, 0.2) is 0 Å². The molecule has 2 fully saturated rings. The van der Waals surface area contributed by atoms with Crippen LogP contribution in [0.4, 0.5) is 5.69 Å². The number of benzene rings is 2. The Morgan fingerprint density at radius 1 is 1.03 bits per heavy atom. The normalized spacial score (nSPS) is 23.7. The number of anilines is 1. The number of ether oxygens (including phenoxy) is 1. The number of hydrogen-bond acceptors (Lipinski definition) is 6. The van der Waals surface area contributed by atoms with Crippen LogP contribution in [-0.2, 0) is 4.79 Å². The number of aryl methyl sites for hydroxylation is 2. The molecule has 6 nitrogen and oxygen atoms in total. The molecule has 1 heterocycles. The largest absolute Gasteiger partial charge is 0.496 e. The van der Waals surface area contributed by atoms with Gasteiger partial charge in [-0.05, 0) is 118 Å². The quantitative estimate of drug-likeness (QED) is 0.366. The zero-order valence-electron chi connectivity index (χ0n) is 22.7. The first-order valence-electron chi connectivity index (χ1n) is 14.0. The number of nitrogens with zero attached hydrogens (tertiary/aromatic N) is 3. The fraction of sp³-hybridized carbons (Fsp3) is 0.516. The molecule has 2 aromatic carbocycles. The molecule has 1 aromatic heterocycles. The van der Waals surface area contributed by atoms with E-state index in [9.17, 15) is 9.90 Å². The van der Waals surface area contributed by atoms with Crippen molar-refractivity contribution in [1.82, 2.24) is 9.36 Å². The first-order valence-corrected chi connectivity index (χ1v) is 14.7. The third-order valence-electron chi connectivity index (χ3n) is 8.42. The van der Waals surface area contributed by atoms with Crippen LogP contribution < -0.4 is 9.64 Å². The molecular weight excluding hydrogens is 494 g/mol. The molecule has 0 saturated heterocycles. The van der Waals surface area contributed by atoms with Crippen LogP contribution in [0.3, 0.4) is 0 Å². The fourth-order valence-electron chi connectivity index (χ4n) is 6.18. The van der Waals surface area contributed by atoms with Gasteiger partial charge in [-0.25, -0.2) is 4.98 Å². The number of hydrogen-bond donors (Lipinski definition) is 1. The van der Waals surface area contributed by atoms with Gasteiger partial charge in [-0.2, -0.15) is 4.37 Å². The van der Waals surface area contributed by atoms with Gasteiger partial charge in [0.25, 0.3) is 0 Å². The number of carbonyl (C=O) groups excluding carboxylic acids is 1. The third-order valence-corrected chi connectivity index (χ3v) is 9.28. The van der Waals surface area contributed by atoms with E-state index in [0.717, 1.165) is 72.9 Å². The number of aliphatic hydroxyl groups is 1. The smallest absolute Gasteiger partial charge is 0.230 e. The Labute approximate surface area is 230 Å². The Bertz CT molecular complexity index is 1240. The second-order valence-corrected chi connectivity index (χ2v) is 11.8. The van der Waals surface area contributed by atoms with Crippen LogP contribution in [-0.4, -0.2) is 40.1 Å². The minimum Gasteiger partial charge on any atom is -0.496 e. The van der Waals surface area contributed by atoms with Crippen molar-refractivity contribution in [3.8, 4) is 16.3 Å². The van der Waals surface area contributed by atoms with Gasteiger partial charge in [0.2, 0.25) is 5.91 Å². The van der Waals surface area contributed by atoms with E-state index in [1.54, 1.807) is 7.11 Å². The van der Waals surface area contributed by atoms with Crippen molar-refractivity contribution < 1.29 is 14.6 Å². The molecule has 0 aliphatic heterocycles. The maximum Gasteiger partial charge on any atom is 0.230 e. The molecule has 3 aromatic rings. The minimum absolute atomic E-state index is 0.0237. The lowest BCUT2D eigenvalue weighted by molar-refractivity contribution is -0.124. The van der Waals surface area contributed by atoms with E-state index in [1.165, 1.54) is 22.7 Å². The van der Waals surface area contributed by atoms with Crippen molar-refractivity contribution in [2.75, 3.05) is 18.6 Å². The molecule has 5 rings (SSSR count). The van der Waals surface area contributed by atoms with Crippen molar-refractivity contribution in [1.29, 1.82) is 0 Å². The molecule has 0 bridgehead atoms. The van der Waals surface area contributed by atoms with E-state index >= 15 is 0 Å². The summed E-state index contributed by atoms with van der Waals surface area (Å²) in [6.45, 7) is 4.75. The summed E-state index contributed by atoms with van der Waals surface area (Å²) in [5.74, 6) is 2.92. The molecule has 7 heteroatoms. The standard InChI is InChI=1S/C31H39N3O3S/c1-20-17-25(13-16-29(20)37-3)23-9-7-22(8-10-23)19-34(31(36)24-11-14-28(35)15-12-24)27-6-4-5-26(18-27)30-32-21(2)33-38-30/h4-6,13,16-18,22-24,28,35H,7-12,14-15,19H2,1-3H3/t22-,23-,24-,28-. The highest BCUT2D eigenvalue weighted by Crippen LogP contribution is 2.39. The summed E-state index contributed by atoms with van der Waals surface area (Å²) in [7, 11) is 1.72. The van der Waals surface area contributed by atoms with Crippen LogP contribution in [0.25, 0.3) is 10.6 Å². The van der Waals surface area contributed by atoms with E-state index in [-0.39, 0.29) is 17.9 Å². The van der Waals surface area contributed by atoms with Gasteiger partial charge in [-0.1, -0.05) is 24.3 Å². The number of aliphatic hydroxyl groups excluding tert-OH is 1. The molecule has 2 aliphatic carbocycles. The summed E-state index contributed by atoms with van der Waals surface area (Å²) in [5, 5.41) is 10.9. The van der Waals surface area contributed by atoms with E-state index in [2.05, 4.69) is 46.6 Å². The topological polar surface area (TPSA) is 75.5 Å². The lowest BCUT2D eigenvalue weighted by atomic mass is 9.78. The number of carbonyl (C=O) groups is 1. The molecule has 38 heavy (non-hydrogen) atoms. The van der Waals surface area contributed by atoms with Crippen molar-refractivity contribution in [3.63, 3.8) is 0 Å². The molecule has 0 radical (unpaired) electrons. The highest BCUT2D eigenvalue weighted by molar-refractivity contribution is 7.09. The van der Waals surface area contributed by atoms with Crippen LogP contribution in [0.15, 0.2) is 42.5 Å². The predicted octanol–water partition coefficient (Wildman–Crippen LogP) is 6.69. The summed E-state index contributed by atoms with van der Waals surface area (Å²) in [5.41, 5.74) is 4.53. The SMILES string of the molecule is COc1ccc([C@H]2CC[C@H](CN(c3cccc(-c4nc(C)ns4)c3)C(=O)[C@H]3CC[C@H](O)CC3)CC2)cc1C. The van der Waals surface area contributed by atoms with Gasteiger partial charge in [0, 0.05) is 23.7 Å². The van der Waals surface area contributed by atoms with Gasteiger partial charge in [-0.15, -0.1) is 0 Å². The predicted molar refractivity (Wildman–Crippen MR) is 153 cm³/mol. The summed E-state index contributed by atoms with van der Waals surface area (Å²) >= 11 is 1.40. The van der Waals surface area contributed by atoms with E-state index in [0.29, 0.717) is 24.7 Å². The zero-order valence-corrected chi connectivity index (χ0v) is 23.5. The minimum atomic E-state index is -0.270. The molecule has 1 amide bonds. The summed E-state index contributed by atoms with van der Waals surface area (Å²) < 4.78 is 9.79. The van der Waals surface area contributed by atoms with Crippen molar-refractivity contribution in [3.05, 3.63) is 59.4 Å². The van der Waals surface area contributed by atoms with Gasteiger partial charge >= 0.3 is 0 Å². The Balaban J connectivity index is 1.32. The van der Waals surface area contributed by atoms with Crippen LogP contribution >= 0.6 is 11.5 Å². The molecule has 0 atom stereocenters. The molecule has 0 unspecified atom stereocenters. The highest BCUT2D eigenvalue weighted by Gasteiger charge is 2.32. The monoisotopic (exact) mass is 533 g/mol. The van der Waals surface area contributed by atoms with Gasteiger partial charge in [0.1, 0.15) is 16.6 Å². The van der Waals surface area contributed by atoms with E-state index < -0.39 is 0 Å². The van der Waals surface area contributed by atoms with Gasteiger partial charge in [-0.3, -0.25) is 4.79 Å². The highest BCUT2D eigenvalue weighted by atomic mass is 32.1. The lowest BCUT2D eigenvalue weighted by Gasteiger charge is -2.36. The number of rotatable bonds is 7. The van der Waals surface area contributed by atoms with Crippen molar-refractivity contribution in [2.45, 2.75) is 77.2 Å². The lowest BCUT2D eigenvalue weighted by Crippen LogP contribution is -2.41. The summed E-state index contributed by atoms with van der Waals surface area (Å²) in [4.78, 5) is 20.5. The van der Waals surface area contributed by atoms with Crippen LogP contribution in [0.1, 0.15) is 74.2 Å². The third kappa shape index (κ3) is 6.10. The fourth-order valence-corrected chi connectivity index (χ4v) is 6.84. The summed E-state index contributed by atoms with van der Waals surface area (Å²) in [6, 6.07) is 14.8. The van der Waals surface area contributed by atoms with Gasteiger partial charge < -0.3 is 14.7 Å². The first kappa shape index (κ1) is 26.8. The van der Waals surface area contributed by atoms with Gasteiger partial charge in [0.05, 0.1) is 13.2 Å². The van der Waals surface area contributed by atoms with Crippen molar-refractivity contribution in [2.24, 2.45) is 11.8 Å². The Morgan fingerprint density at radius 2 is 1.79 bits per heavy atom. The molecule has 202 valence electrons. The summed E-state index contributed by atoms with van der Waals surface area (Å²) in [6.07, 6.45) is 7.16. The Hall–Kier alpha value is -2.77. The average molecular weight is 534 g/mol. The first-order chi connectivity index (χ1) is 18.4. The zero-order chi connectivity index (χ0) is 26.6.